The molecule has 0 bridgehead atoms. The van der Waals surface area contributed by atoms with Gasteiger partial charge in [0.15, 0.2) is 5.82 Å². The van der Waals surface area contributed by atoms with Gasteiger partial charge in [0.2, 0.25) is 5.82 Å². The van der Waals surface area contributed by atoms with Gasteiger partial charge in [-0.05, 0) is 86.0 Å². The van der Waals surface area contributed by atoms with E-state index in [9.17, 15) is 49.0 Å². The number of aryl methyl sites for hydroxylation is 1. The molecule has 0 saturated carbocycles. The Hall–Kier alpha value is -2.37. The number of aliphatic imine (C=N–C) groups is 1. The summed E-state index contributed by atoms with van der Waals surface area (Å²) in [6, 6.07) is 15.6. The van der Waals surface area contributed by atoms with Crippen molar-refractivity contribution in [3.63, 3.8) is 0 Å². The maximum absolute atomic E-state index is 12.9. The summed E-state index contributed by atoms with van der Waals surface area (Å²) >= 11 is 0. The predicted molar refractivity (Wildman–Crippen MR) is 202 cm³/mol. The van der Waals surface area contributed by atoms with E-state index in [4.69, 9.17) is 15.1 Å². The van der Waals surface area contributed by atoms with Crippen molar-refractivity contribution in [2.24, 2.45) is 15.5 Å². The molecule has 0 fully saturated rings. The Balaban J connectivity index is 0.00000400. The number of nitrogens with one attached hydrogen (secondary N) is 1. The van der Waals surface area contributed by atoms with Crippen LogP contribution < -0.4 is 98.9 Å². The zero-order chi connectivity index (χ0) is 41.2. The summed E-state index contributed by atoms with van der Waals surface area (Å²) in [4.78, 5) is 23.8. The topological polar surface area (TPSA) is 283 Å². The Morgan fingerprint density at radius 2 is 1.49 bits per heavy atom. The van der Waals surface area contributed by atoms with Gasteiger partial charge in [0, 0.05) is 46.8 Å². The molecule has 5 rings (SSSR count). The molecule has 18 nitrogen and oxygen atoms in total. The van der Waals surface area contributed by atoms with Gasteiger partial charge in [-0.1, -0.05) is 20.8 Å². The van der Waals surface area contributed by atoms with Crippen molar-refractivity contribution in [3.8, 4) is 17.5 Å². The van der Waals surface area contributed by atoms with Gasteiger partial charge in [-0.15, -0.1) is 9.89 Å². The summed E-state index contributed by atoms with van der Waals surface area (Å²) in [6.07, 6.45) is 0.893. The number of nitrogens with zero attached hydrogens (tertiary/aromatic N) is 7. The smallest absolute Gasteiger partial charge is 0.748 e. The molecular weight excluding hydrogens is 858 g/mol. The van der Waals surface area contributed by atoms with Crippen molar-refractivity contribution < 1.29 is 132 Å². The zero-order valence-electron chi connectivity index (χ0n) is 33.5. The van der Waals surface area contributed by atoms with Crippen molar-refractivity contribution in [2.45, 2.75) is 56.7 Å². The van der Waals surface area contributed by atoms with Gasteiger partial charge in [-0.3, -0.25) is 4.79 Å². The van der Waals surface area contributed by atoms with Crippen LogP contribution in [0.3, 0.4) is 0 Å². The second-order valence-electron chi connectivity index (χ2n) is 13.8. The molecule has 24 heteroatoms. The molecule has 0 saturated heterocycles. The van der Waals surface area contributed by atoms with Crippen LogP contribution in [0.5, 0.6) is 0 Å². The molecule has 1 amide bonds. The van der Waals surface area contributed by atoms with Gasteiger partial charge < -0.3 is 23.9 Å². The minimum absolute atomic E-state index is 0. The van der Waals surface area contributed by atoms with Gasteiger partial charge in [-0.2, -0.15) is 10.4 Å². The number of carbonyl (C=O) groups is 1. The first kappa shape index (κ1) is 52.8. The van der Waals surface area contributed by atoms with Crippen LogP contribution in [-0.2, 0) is 30.4 Å². The number of nitriles is 1. The van der Waals surface area contributed by atoms with Crippen LogP contribution in [0.25, 0.3) is 11.4 Å². The fourth-order valence-corrected chi connectivity index (χ4v) is 7.33. The number of anilines is 2. The molecule has 2 heterocycles. The standard InChI is InChI=1S/C35H38N8O10S3.3Na/c1-22-18-26(42(16-7-14-36)15-5-6-17-54(45,46)47)12-13-29(22)38-30-31(35(2,3)4)40-43-33(30)39-32(41-43)23-8-10-25(11-9-23)37-34(44)24-19-27(55(48,49)50)21-28(20-24)56(51,52)53;;;/h8-13,18-21H,5-7,15-17H2,1-4H3,(H,37,44)(H,45,46,47)(H,48,49,50)(H,51,52,53);;;/q;3*+1/p-3. The second kappa shape index (κ2) is 21.1. The number of benzene rings is 3. The molecular formula is C35H35N8Na3O10S3. The number of aromatic nitrogens is 3. The number of rotatable bonds is 14. The molecule has 1 aromatic heterocycles. The molecule has 59 heavy (non-hydrogen) atoms. The zero-order valence-corrected chi connectivity index (χ0v) is 41.9. The Labute approximate surface area is 409 Å². The minimum atomic E-state index is -5.20. The fourth-order valence-electron chi connectivity index (χ4n) is 5.62. The van der Waals surface area contributed by atoms with E-state index in [-0.39, 0.29) is 113 Å². The van der Waals surface area contributed by atoms with Gasteiger partial charge in [-0.25, -0.2) is 35.2 Å². The van der Waals surface area contributed by atoms with Crippen molar-refractivity contribution in [1.82, 2.24) is 14.9 Å². The van der Waals surface area contributed by atoms with Crippen molar-refractivity contribution >= 4 is 64.7 Å². The van der Waals surface area contributed by atoms with Crippen molar-refractivity contribution in [3.05, 3.63) is 77.6 Å². The Morgan fingerprint density at radius 3 is 2.02 bits per heavy atom. The minimum Gasteiger partial charge on any atom is -0.748 e. The number of amides is 1. The summed E-state index contributed by atoms with van der Waals surface area (Å²) in [5, 5.41) is 20.9. The van der Waals surface area contributed by atoms with E-state index in [0.29, 0.717) is 66.2 Å². The van der Waals surface area contributed by atoms with Crippen LogP contribution in [0, 0.1) is 23.7 Å². The molecule has 0 atom stereocenters. The van der Waals surface area contributed by atoms with Gasteiger partial charge >= 0.3 is 88.7 Å². The van der Waals surface area contributed by atoms with Crippen LogP contribution >= 0.6 is 0 Å². The molecule has 0 spiro atoms. The largest absolute Gasteiger partial charge is 1.00 e. The third-order valence-electron chi connectivity index (χ3n) is 8.40. The van der Waals surface area contributed by atoms with E-state index in [1.54, 1.807) is 12.1 Å². The number of unbranched alkanes of at least 4 members (excludes halogenated alkanes) is 1. The summed E-state index contributed by atoms with van der Waals surface area (Å²) in [5.74, 6) is -0.801. The number of hydrogen-bond acceptors (Lipinski definition) is 16. The first-order valence-electron chi connectivity index (χ1n) is 16.8. The van der Waals surface area contributed by atoms with E-state index in [2.05, 4.69) is 16.5 Å². The van der Waals surface area contributed by atoms with Crippen molar-refractivity contribution in [2.75, 3.05) is 29.1 Å². The molecule has 3 aromatic carbocycles. The number of fused-ring (bicyclic) bond motifs is 1. The third kappa shape index (κ3) is 14.1. The van der Waals surface area contributed by atoms with Crippen LogP contribution in [0.1, 0.15) is 61.8 Å². The van der Waals surface area contributed by atoms with Crippen molar-refractivity contribution in [1.29, 1.82) is 5.26 Å². The SMILES string of the molecule is Cc1cc(N(CCC#N)CCCCS(=O)(=O)[O-])ccc1N=C1C(C(C)(C)C)=Nn2nc(-c3ccc(NC(=O)c4cc(S(=O)(=O)[O-])cc(S(=O)(=O)[O-])c4)cc3)nc21.[Na+].[Na+].[Na+]. The monoisotopic (exact) mass is 892 g/mol. The average Bonchev–Trinajstić information content (AvgIpc) is 3.67. The fraction of sp³-hybridized carbons (Fsp3) is 0.314. The Kier molecular flexibility index (Phi) is 18.9. The number of hydrogen-bond donors (Lipinski definition) is 1. The third-order valence-corrected chi connectivity index (χ3v) is 10.8. The first-order chi connectivity index (χ1) is 26.0. The van der Waals surface area contributed by atoms with Crippen LogP contribution in [0.4, 0.5) is 17.1 Å². The average molecular weight is 893 g/mol. The molecule has 296 valence electrons. The van der Waals surface area contributed by atoms with Gasteiger partial charge in [0.1, 0.15) is 25.9 Å². The summed E-state index contributed by atoms with van der Waals surface area (Å²) in [6.45, 7) is 8.65. The molecule has 0 radical (unpaired) electrons. The van der Waals surface area contributed by atoms with Crippen LogP contribution in [-0.4, -0.2) is 90.0 Å². The van der Waals surface area contributed by atoms with E-state index >= 15 is 0 Å². The number of carbonyl (C=O) groups excluding carboxylic acids is 1. The summed E-state index contributed by atoms with van der Waals surface area (Å²) < 4.78 is 102. The Bertz CT molecular complexity index is 2590. The van der Waals surface area contributed by atoms with Crippen LogP contribution in [0.2, 0.25) is 0 Å². The maximum Gasteiger partial charge on any atom is 1.00 e. The molecule has 0 unspecified atom stereocenters. The van der Waals surface area contributed by atoms with Gasteiger partial charge in [0.25, 0.3) is 5.91 Å². The summed E-state index contributed by atoms with van der Waals surface area (Å²) in [5.41, 5.74) is 3.05. The van der Waals surface area contributed by atoms with E-state index in [1.165, 1.54) is 16.9 Å². The quantitative estimate of drug-likeness (QED) is 0.0704. The second-order valence-corrected chi connectivity index (χ2v) is 18.1. The molecule has 1 N–H and O–H groups in total. The molecule has 1 aliphatic heterocycles. The maximum atomic E-state index is 12.9. The van der Waals surface area contributed by atoms with Gasteiger partial charge in [0.05, 0.1) is 43.8 Å². The molecule has 1 aliphatic rings. The predicted octanol–water partition coefficient (Wildman–Crippen LogP) is -5.24. The Morgan fingerprint density at radius 1 is 0.881 bits per heavy atom. The van der Waals surface area contributed by atoms with Crippen LogP contribution in [0.15, 0.2) is 80.5 Å². The van der Waals surface area contributed by atoms with E-state index in [1.807, 2.05) is 50.8 Å². The van der Waals surface area contributed by atoms with E-state index < -0.39 is 62.8 Å². The van der Waals surface area contributed by atoms with E-state index in [0.717, 1.165) is 11.3 Å². The summed E-state index contributed by atoms with van der Waals surface area (Å²) in [7, 11) is -14.7. The molecule has 4 aromatic rings. The molecule has 0 aliphatic carbocycles. The first-order valence-corrected chi connectivity index (χ1v) is 21.2. The normalized spacial score (nSPS) is 13.3.